The molecule has 0 aliphatic heterocycles. The molecule has 2 N–H and O–H groups in total. The van der Waals surface area contributed by atoms with E-state index in [1.807, 2.05) is 5.32 Å². The Bertz CT molecular complexity index is 819. The van der Waals surface area contributed by atoms with E-state index < -0.39 is 24.5 Å². The van der Waals surface area contributed by atoms with Crippen molar-refractivity contribution in [2.75, 3.05) is 13.2 Å². The minimum absolute atomic E-state index is 0.0962. The average molecular weight is 376 g/mol. The molecule has 27 heavy (non-hydrogen) atoms. The maximum atomic E-state index is 12.9. The van der Waals surface area contributed by atoms with Crippen molar-refractivity contribution in [1.82, 2.24) is 20.8 Å². The molecule has 3 amide bonds. The Balaban J connectivity index is 1.73. The fourth-order valence-electron chi connectivity index (χ4n) is 1.87. The standard InChI is InChI=1S/C17H17FN4O5/c1-2-9-19-17(25)20-13(23)10-26-15(24)8-7-14-21-16(22-27-14)11-3-5-12(18)6-4-11/h2-6H,1,7-10H2,(H2,19,20,23,25). The highest BCUT2D eigenvalue weighted by molar-refractivity contribution is 5.95. The van der Waals surface area contributed by atoms with E-state index in [1.165, 1.54) is 30.3 Å². The number of amides is 3. The Kier molecular flexibility index (Phi) is 7.17. The number of halogens is 1. The predicted octanol–water partition coefficient (Wildman–Crippen LogP) is 1.36. The van der Waals surface area contributed by atoms with Crippen LogP contribution in [0.2, 0.25) is 0 Å². The molecule has 0 radical (unpaired) electrons. The van der Waals surface area contributed by atoms with E-state index in [2.05, 4.69) is 22.0 Å². The molecule has 0 spiro atoms. The molecule has 1 aromatic heterocycles. The molecule has 142 valence electrons. The average Bonchev–Trinajstić information content (AvgIpc) is 3.12. The highest BCUT2D eigenvalue weighted by atomic mass is 19.1. The fraction of sp³-hybridized carbons (Fsp3) is 0.235. The van der Waals surface area contributed by atoms with E-state index in [1.54, 1.807) is 0 Å². The van der Waals surface area contributed by atoms with Crippen molar-refractivity contribution in [1.29, 1.82) is 0 Å². The van der Waals surface area contributed by atoms with Gasteiger partial charge in [-0.2, -0.15) is 4.98 Å². The first-order chi connectivity index (χ1) is 13.0. The third-order valence-corrected chi connectivity index (χ3v) is 3.14. The molecule has 1 aromatic carbocycles. The number of hydrogen-bond donors (Lipinski definition) is 2. The lowest BCUT2D eigenvalue weighted by atomic mass is 10.2. The molecule has 9 nitrogen and oxygen atoms in total. The summed E-state index contributed by atoms with van der Waals surface area (Å²) in [4.78, 5) is 38.4. The van der Waals surface area contributed by atoms with Crippen LogP contribution in [0.25, 0.3) is 11.4 Å². The molecule has 0 saturated heterocycles. The highest BCUT2D eigenvalue weighted by Crippen LogP contribution is 2.16. The van der Waals surface area contributed by atoms with Gasteiger partial charge < -0.3 is 14.6 Å². The van der Waals surface area contributed by atoms with Gasteiger partial charge in [0.2, 0.25) is 11.7 Å². The molecular weight excluding hydrogens is 359 g/mol. The van der Waals surface area contributed by atoms with Crippen LogP contribution in [0.1, 0.15) is 12.3 Å². The van der Waals surface area contributed by atoms with Gasteiger partial charge >= 0.3 is 12.0 Å². The number of hydrogen-bond acceptors (Lipinski definition) is 7. The molecule has 0 unspecified atom stereocenters. The normalized spacial score (nSPS) is 10.1. The smallest absolute Gasteiger partial charge is 0.321 e. The number of aromatic nitrogens is 2. The van der Waals surface area contributed by atoms with Crippen molar-refractivity contribution < 1.29 is 28.0 Å². The van der Waals surface area contributed by atoms with Crippen LogP contribution < -0.4 is 10.6 Å². The van der Waals surface area contributed by atoms with Gasteiger partial charge in [0.1, 0.15) is 5.82 Å². The van der Waals surface area contributed by atoms with Crippen LogP contribution in [0.15, 0.2) is 41.4 Å². The van der Waals surface area contributed by atoms with Gasteiger partial charge in [0.25, 0.3) is 5.91 Å². The highest BCUT2D eigenvalue weighted by Gasteiger charge is 2.13. The zero-order valence-electron chi connectivity index (χ0n) is 14.2. The Labute approximate surface area is 153 Å². The number of nitrogens with one attached hydrogen (secondary N) is 2. The molecule has 0 saturated carbocycles. The molecule has 10 heteroatoms. The lowest BCUT2D eigenvalue weighted by Gasteiger charge is -2.05. The third kappa shape index (κ3) is 6.69. The van der Waals surface area contributed by atoms with Gasteiger partial charge in [-0.3, -0.25) is 14.9 Å². The summed E-state index contributed by atoms with van der Waals surface area (Å²) in [5, 5.41) is 8.08. The van der Waals surface area contributed by atoms with E-state index in [9.17, 15) is 18.8 Å². The Morgan fingerprint density at radius 3 is 2.70 bits per heavy atom. The summed E-state index contributed by atoms with van der Waals surface area (Å²) < 4.78 is 22.7. The molecule has 0 fully saturated rings. The van der Waals surface area contributed by atoms with E-state index >= 15 is 0 Å². The number of urea groups is 1. The maximum absolute atomic E-state index is 12.9. The Morgan fingerprint density at radius 2 is 2.00 bits per heavy atom. The second-order valence-electron chi connectivity index (χ2n) is 5.23. The number of esters is 1. The van der Waals surface area contributed by atoms with Gasteiger partial charge in [-0.25, -0.2) is 9.18 Å². The van der Waals surface area contributed by atoms with Crippen LogP contribution in [0.5, 0.6) is 0 Å². The first-order valence-corrected chi connectivity index (χ1v) is 7.90. The summed E-state index contributed by atoms with van der Waals surface area (Å²) in [6.45, 7) is 3.02. The second kappa shape index (κ2) is 9.80. The third-order valence-electron chi connectivity index (χ3n) is 3.14. The largest absolute Gasteiger partial charge is 0.456 e. The van der Waals surface area contributed by atoms with Crippen LogP contribution in [-0.2, 0) is 20.7 Å². The number of benzene rings is 1. The lowest BCUT2D eigenvalue weighted by Crippen LogP contribution is -2.41. The molecule has 0 bridgehead atoms. The van der Waals surface area contributed by atoms with Gasteiger partial charge in [0.15, 0.2) is 6.61 Å². The van der Waals surface area contributed by atoms with Crippen LogP contribution in [0.3, 0.4) is 0 Å². The molecule has 1 heterocycles. The second-order valence-corrected chi connectivity index (χ2v) is 5.23. The monoisotopic (exact) mass is 376 g/mol. The van der Waals surface area contributed by atoms with Crippen LogP contribution in [0, 0.1) is 5.82 Å². The Morgan fingerprint density at radius 1 is 1.26 bits per heavy atom. The first-order valence-electron chi connectivity index (χ1n) is 7.90. The summed E-state index contributed by atoms with van der Waals surface area (Å²) in [7, 11) is 0. The van der Waals surface area contributed by atoms with Crippen molar-refractivity contribution in [3.05, 3.63) is 48.6 Å². The van der Waals surface area contributed by atoms with Crippen molar-refractivity contribution >= 4 is 17.9 Å². The van der Waals surface area contributed by atoms with Gasteiger partial charge in [0, 0.05) is 18.5 Å². The summed E-state index contributed by atoms with van der Waals surface area (Å²) in [5.74, 6) is -1.35. The number of rotatable bonds is 8. The predicted molar refractivity (Wildman–Crippen MR) is 90.7 cm³/mol. The number of carbonyl (C=O) groups is 3. The topological polar surface area (TPSA) is 123 Å². The minimum atomic E-state index is -0.763. The number of nitrogens with zero attached hydrogens (tertiary/aromatic N) is 2. The lowest BCUT2D eigenvalue weighted by molar-refractivity contribution is -0.148. The van der Waals surface area contributed by atoms with Crippen LogP contribution >= 0.6 is 0 Å². The molecule has 0 aliphatic carbocycles. The zero-order chi connectivity index (χ0) is 19.6. The van der Waals surface area contributed by atoms with E-state index in [0.717, 1.165) is 0 Å². The van der Waals surface area contributed by atoms with Crippen molar-refractivity contribution in [3.63, 3.8) is 0 Å². The summed E-state index contributed by atoms with van der Waals surface area (Å²) in [6, 6.07) is 4.83. The van der Waals surface area contributed by atoms with Gasteiger partial charge in [-0.05, 0) is 24.3 Å². The molecule has 2 aromatic rings. The number of imide groups is 1. The van der Waals surface area contributed by atoms with Crippen molar-refractivity contribution in [2.24, 2.45) is 0 Å². The SMILES string of the molecule is C=CCNC(=O)NC(=O)COC(=O)CCc1nc(-c2ccc(F)cc2)no1. The van der Waals surface area contributed by atoms with E-state index in [0.29, 0.717) is 5.56 Å². The number of ether oxygens (including phenoxy) is 1. The Hall–Kier alpha value is -3.56. The quantitative estimate of drug-likeness (QED) is 0.527. The number of carbonyl (C=O) groups excluding carboxylic acids is 3. The van der Waals surface area contributed by atoms with Crippen molar-refractivity contribution in [3.8, 4) is 11.4 Å². The molecule has 0 aliphatic rings. The minimum Gasteiger partial charge on any atom is -0.456 e. The number of aryl methyl sites for hydroxylation is 1. The van der Waals surface area contributed by atoms with Gasteiger partial charge in [-0.1, -0.05) is 11.2 Å². The van der Waals surface area contributed by atoms with Crippen molar-refractivity contribution in [2.45, 2.75) is 12.8 Å². The molecule has 2 rings (SSSR count). The zero-order valence-corrected chi connectivity index (χ0v) is 14.2. The first kappa shape index (κ1) is 19.8. The fourth-order valence-corrected chi connectivity index (χ4v) is 1.87. The molecular formula is C17H17FN4O5. The van der Waals surface area contributed by atoms with Crippen LogP contribution in [-0.4, -0.2) is 41.2 Å². The van der Waals surface area contributed by atoms with Gasteiger partial charge in [-0.15, -0.1) is 6.58 Å². The summed E-state index contributed by atoms with van der Waals surface area (Å²) in [6.07, 6.45) is 1.46. The van der Waals surface area contributed by atoms with E-state index in [-0.39, 0.29) is 36.9 Å². The molecule has 0 atom stereocenters. The van der Waals surface area contributed by atoms with Crippen LogP contribution in [0.4, 0.5) is 9.18 Å². The summed E-state index contributed by atoms with van der Waals surface area (Å²) >= 11 is 0. The van der Waals surface area contributed by atoms with Gasteiger partial charge in [0.05, 0.1) is 6.42 Å². The van der Waals surface area contributed by atoms with E-state index in [4.69, 9.17) is 9.26 Å². The maximum Gasteiger partial charge on any atom is 0.321 e. The summed E-state index contributed by atoms with van der Waals surface area (Å²) in [5.41, 5.74) is 0.570.